The molecule has 3 heterocycles. The summed E-state index contributed by atoms with van der Waals surface area (Å²) in [6, 6.07) is 3.93. The summed E-state index contributed by atoms with van der Waals surface area (Å²) in [5, 5.41) is 19.0. The molecule has 1 aromatic carbocycles. The molecule has 0 aliphatic rings. The molecule has 0 atom stereocenters. The molecule has 9 nitrogen and oxygen atoms in total. The number of carbonyl (C=O) groups excluding carboxylic acids is 1. The van der Waals surface area contributed by atoms with Crippen LogP contribution in [0.5, 0.6) is 0 Å². The molecule has 0 fully saturated rings. The standard InChI is InChI=1S/C18H15ClFN7O2/c1-2-26-8-11(6-22-26)17-14(7-21-24-17)18(28)29-10-13-9-27(25-23-13)16-4-3-12(20)5-15(16)19/h3-9H,2,10H2,1H3,(H,21,24). The number of nitrogens with zero attached hydrogens (tertiary/aromatic N) is 6. The van der Waals surface area contributed by atoms with Gasteiger partial charge in [-0.2, -0.15) is 10.2 Å². The van der Waals surface area contributed by atoms with E-state index in [0.29, 0.717) is 23.6 Å². The molecule has 1 N–H and O–H groups in total. The van der Waals surface area contributed by atoms with Crippen molar-refractivity contribution in [3.63, 3.8) is 0 Å². The predicted octanol–water partition coefficient (Wildman–Crippen LogP) is 3.02. The van der Waals surface area contributed by atoms with E-state index in [1.54, 1.807) is 17.1 Å². The lowest BCUT2D eigenvalue weighted by atomic mass is 10.1. The number of carbonyl (C=O) groups is 1. The van der Waals surface area contributed by atoms with Crippen molar-refractivity contribution in [1.29, 1.82) is 0 Å². The molecule has 0 bridgehead atoms. The Balaban J connectivity index is 1.46. The van der Waals surface area contributed by atoms with Crippen molar-refractivity contribution in [2.45, 2.75) is 20.1 Å². The fourth-order valence-electron chi connectivity index (χ4n) is 2.69. The van der Waals surface area contributed by atoms with Gasteiger partial charge >= 0.3 is 5.97 Å². The lowest BCUT2D eigenvalue weighted by Crippen LogP contribution is -2.06. The zero-order valence-electron chi connectivity index (χ0n) is 15.2. The van der Waals surface area contributed by atoms with Crippen molar-refractivity contribution in [2.24, 2.45) is 0 Å². The van der Waals surface area contributed by atoms with Crippen molar-refractivity contribution >= 4 is 17.6 Å². The Kier molecular flexibility index (Phi) is 5.09. The number of hydrogen-bond acceptors (Lipinski definition) is 6. The van der Waals surface area contributed by atoms with E-state index < -0.39 is 11.8 Å². The van der Waals surface area contributed by atoms with Gasteiger partial charge < -0.3 is 4.74 Å². The summed E-state index contributed by atoms with van der Waals surface area (Å²) in [7, 11) is 0. The van der Waals surface area contributed by atoms with E-state index in [-0.39, 0.29) is 17.2 Å². The Labute approximate surface area is 169 Å². The first-order valence-electron chi connectivity index (χ1n) is 8.65. The Morgan fingerprint density at radius 2 is 2.17 bits per heavy atom. The summed E-state index contributed by atoms with van der Waals surface area (Å²) >= 11 is 6.02. The minimum atomic E-state index is -0.563. The number of H-pyrrole nitrogens is 1. The summed E-state index contributed by atoms with van der Waals surface area (Å²) < 4.78 is 21.6. The minimum Gasteiger partial charge on any atom is -0.455 e. The molecule has 11 heteroatoms. The van der Waals surface area contributed by atoms with E-state index in [0.717, 1.165) is 5.56 Å². The Morgan fingerprint density at radius 3 is 2.93 bits per heavy atom. The molecular weight excluding hydrogens is 401 g/mol. The van der Waals surface area contributed by atoms with E-state index in [4.69, 9.17) is 16.3 Å². The van der Waals surface area contributed by atoms with Gasteiger partial charge in [-0.15, -0.1) is 5.10 Å². The molecule has 4 aromatic rings. The third-order valence-electron chi connectivity index (χ3n) is 4.15. The summed E-state index contributed by atoms with van der Waals surface area (Å²) in [5.41, 5.74) is 2.41. The summed E-state index contributed by atoms with van der Waals surface area (Å²) in [5.74, 6) is -1.01. The van der Waals surface area contributed by atoms with Crippen molar-refractivity contribution in [3.05, 3.63) is 65.1 Å². The largest absolute Gasteiger partial charge is 0.455 e. The zero-order chi connectivity index (χ0) is 20.4. The molecule has 148 valence electrons. The Bertz CT molecular complexity index is 1170. The van der Waals surface area contributed by atoms with Crippen LogP contribution in [0.2, 0.25) is 5.02 Å². The highest BCUT2D eigenvalue weighted by molar-refractivity contribution is 6.32. The lowest BCUT2D eigenvalue weighted by Gasteiger charge is -2.03. The van der Waals surface area contributed by atoms with E-state index >= 15 is 0 Å². The molecule has 0 saturated carbocycles. The van der Waals surface area contributed by atoms with Crippen molar-refractivity contribution in [3.8, 4) is 16.9 Å². The fraction of sp³-hybridized carbons (Fsp3) is 0.167. The van der Waals surface area contributed by atoms with Gasteiger partial charge in [0.25, 0.3) is 0 Å². The molecule has 0 saturated heterocycles. The summed E-state index contributed by atoms with van der Waals surface area (Å²) in [6.07, 6.45) is 6.40. The number of hydrogen-bond donors (Lipinski definition) is 1. The average molecular weight is 416 g/mol. The highest BCUT2D eigenvalue weighted by Gasteiger charge is 2.18. The van der Waals surface area contributed by atoms with E-state index in [9.17, 15) is 9.18 Å². The fourth-order valence-corrected chi connectivity index (χ4v) is 2.95. The summed E-state index contributed by atoms with van der Waals surface area (Å²) in [4.78, 5) is 12.5. The predicted molar refractivity (Wildman–Crippen MR) is 101 cm³/mol. The van der Waals surface area contributed by atoms with E-state index in [1.165, 1.54) is 29.1 Å². The molecule has 0 aliphatic carbocycles. The Morgan fingerprint density at radius 1 is 1.31 bits per heavy atom. The first-order valence-corrected chi connectivity index (χ1v) is 9.03. The number of aromatic nitrogens is 7. The maximum Gasteiger partial charge on any atom is 0.342 e. The number of ether oxygens (including phenoxy) is 1. The van der Waals surface area contributed by atoms with Crippen LogP contribution in [0, 0.1) is 5.82 Å². The number of halogens is 2. The second kappa shape index (κ2) is 7.84. The van der Waals surface area contributed by atoms with Crippen LogP contribution in [0.25, 0.3) is 16.9 Å². The van der Waals surface area contributed by atoms with E-state index in [1.807, 2.05) is 13.1 Å². The molecule has 0 amide bonds. The molecule has 3 aromatic heterocycles. The highest BCUT2D eigenvalue weighted by Crippen LogP contribution is 2.22. The second-order valence-electron chi connectivity index (χ2n) is 6.07. The van der Waals surface area contributed by atoms with Gasteiger partial charge in [-0.3, -0.25) is 9.78 Å². The minimum absolute atomic E-state index is 0.101. The summed E-state index contributed by atoms with van der Waals surface area (Å²) in [6.45, 7) is 2.57. The van der Waals surface area contributed by atoms with Crippen LogP contribution in [0.4, 0.5) is 4.39 Å². The number of aromatic amines is 1. The molecule has 4 rings (SSSR count). The van der Waals surface area contributed by atoms with Crippen LogP contribution in [0.15, 0.2) is 43.0 Å². The molecule has 0 spiro atoms. The zero-order valence-corrected chi connectivity index (χ0v) is 16.0. The quantitative estimate of drug-likeness (QED) is 0.485. The van der Waals surface area contributed by atoms with Gasteiger partial charge in [0.15, 0.2) is 0 Å². The number of benzene rings is 1. The van der Waals surface area contributed by atoms with Crippen LogP contribution in [0.1, 0.15) is 23.0 Å². The normalized spacial score (nSPS) is 11.0. The molecule has 0 radical (unpaired) electrons. The van der Waals surface area contributed by atoms with Crippen LogP contribution >= 0.6 is 11.6 Å². The first-order chi connectivity index (χ1) is 14.0. The van der Waals surface area contributed by atoms with Gasteiger partial charge in [-0.1, -0.05) is 16.8 Å². The van der Waals surface area contributed by atoms with Crippen molar-refractivity contribution in [2.75, 3.05) is 0 Å². The number of esters is 1. The van der Waals surface area contributed by atoms with E-state index in [2.05, 4.69) is 25.6 Å². The lowest BCUT2D eigenvalue weighted by molar-refractivity contribution is 0.0468. The van der Waals surface area contributed by atoms with Gasteiger partial charge in [0.1, 0.15) is 23.7 Å². The SMILES string of the molecule is CCn1cc(-c2[nH]ncc2C(=O)OCc2cn(-c3ccc(F)cc3Cl)nn2)cn1. The van der Waals surface area contributed by atoms with Crippen molar-refractivity contribution < 1.29 is 13.9 Å². The van der Waals surface area contributed by atoms with Gasteiger partial charge in [0.2, 0.25) is 0 Å². The molecule has 0 aliphatic heterocycles. The number of aryl methyl sites for hydroxylation is 1. The highest BCUT2D eigenvalue weighted by atomic mass is 35.5. The third-order valence-corrected chi connectivity index (χ3v) is 4.46. The van der Waals surface area contributed by atoms with Gasteiger partial charge in [0, 0.05) is 18.3 Å². The number of rotatable bonds is 6. The molecular formula is C18H15ClFN7O2. The van der Waals surface area contributed by atoms with Crippen LogP contribution in [-0.2, 0) is 17.9 Å². The third kappa shape index (κ3) is 3.87. The van der Waals surface area contributed by atoms with Crippen LogP contribution in [-0.4, -0.2) is 40.9 Å². The smallest absolute Gasteiger partial charge is 0.342 e. The average Bonchev–Trinajstić information content (AvgIpc) is 3.45. The first kappa shape index (κ1) is 18.8. The van der Waals surface area contributed by atoms with Gasteiger partial charge in [-0.25, -0.2) is 13.9 Å². The maximum atomic E-state index is 13.2. The monoisotopic (exact) mass is 415 g/mol. The molecule has 0 unspecified atom stereocenters. The number of nitrogens with one attached hydrogen (secondary N) is 1. The topological polar surface area (TPSA) is 104 Å². The van der Waals surface area contributed by atoms with Gasteiger partial charge in [0.05, 0.1) is 35.0 Å². The Hall–Kier alpha value is -3.53. The second-order valence-corrected chi connectivity index (χ2v) is 6.48. The van der Waals surface area contributed by atoms with Crippen molar-refractivity contribution in [1.82, 2.24) is 35.0 Å². The maximum absolute atomic E-state index is 13.2. The molecule has 29 heavy (non-hydrogen) atoms. The van der Waals surface area contributed by atoms with Gasteiger partial charge in [-0.05, 0) is 25.1 Å². The van der Waals surface area contributed by atoms with Crippen LogP contribution in [0.3, 0.4) is 0 Å². The van der Waals surface area contributed by atoms with Crippen LogP contribution < -0.4 is 0 Å².